The van der Waals surface area contributed by atoms with E-state index in [0.29, 0.717) is 5.56 Å². The minimum Gasteiger partial charge on any atom is -0.267 e. The first-order chi connectivity index (χ1) is 11.1. The van der Waals surface area contributed by atoms with E-state index in [2.05, 4.69) is 28.7 Å². The van der Waals surface area contributed by atoms with E-state index >= 15 is 0 Å². The van der Waals surface area contributed by atoms with E-state index in [4.69, 9.17) is 0 Å². The summed E-state index contributed by atoms with van der Waals surface area (Å²) in [6, 6.07) is 14.2. The molecule has 3 rings (SSSR count). The zero-order chi connectivity index (χ0) is 16.2. The third-order valence-electron chi connectivity index (χ3n) is 4.36. The number of benzene rings is 2. The highest BCUT2D eigenvalue weighted by molar-refractivity contribution is 6.03. The van der Waals surface area contributed by atoms with Crippen LogP contribution in [0, 0.1) is 13.8 Å². The monoisotopic (exact) mass is 306 g/mol. The van der Waals surface area contributed by atoms with Crippen molar-refractivity contribution in [1.82, 2.24) is 5.43 Å². The van der Waals surface area contributed by atoms with E-state index in [0.717, 1.165) is 36.1 Å². The fraction of sp³-hybridized carbons (Fsp3) is 0.300. The third kappa shape index (κ3) is 3.50. The van der Waals surface area contributed by atoms with Crippen LogP contribution >= 0.6 is 0 Å². The lowest BCUT2D eigenvalue weighted by Crippen LogP contribution is -2.21. The molecule has 3 heteroatoms. The molecule has 2 aromatic rings. The topological polar surface area (TPSA) is 41.5 Å². The van der Waals surface area contributed by atoms with Crippen LogP contribution in [0.25, 0.3) is 0 Å². The number of nitrogens with one attached hydrogen (secondary N) is 1. The first kappa shape index (κ1) is 15.5. The number of rotatable bonds is 2. The lowest BCUT2D eigenvalue weighted by atomic mass is 10.0. The quantitative estimate of drug-likeness (QED) is 0.657. The van der Waals surface area contributed by atoms with E-state index in [9.17, 15) is 4.79 Å². The predicted octanol–water partition coefficient (Wildman–Crippen LogP) is 4.16. The lowest BCUT2D eigenvalue weighted by Gasteiger charge is -2.09. The summed E-state index contributed by atoms with van der Waals surface area (Å²) in [7, 11) is 0. The fourth-order valence-electron chi connectivity index (χ4n) is 3.13. The van der Waals surface area contributed by atoms with Crippen molar-refractivity contribution in [3.63, 3.8) is 0 Å². The zero-order valence-corrected chi connectivity index (χ0v) is 13.7. The lowest BCUT2D eigenvalue weighted by molar-refractivity contribution is 0.0954. The number of fused-ring (bicyclic) bond motifs is 1. The van der Waals surface area contributed by atoms with Crippen LogP contribution in [0.1, 0.15) is 51.9 Å². The molecule has 0 aromatic heterocycles. The van der Waals surface area contributed by atoms with Gasteiger partial charge < -0.3 is 0 Å². The highest BCUT2D eigenvalue weighted by atomic mass is 16.2. The number of aryl methyl sites for hydroxylation is 3. The molecule has 0 heterocycles. The van der Waals surface area contributed by atoms with Gasteiger partial charge in [-0.05, 0) is 56.7 Å². The predicted molar refractivity (Wildman–Crippen MR) is 93.9 cm³/mol. The maximum atomic E-state index is 12.4. The van der Waals surface area contributed by atoms with Crippen molar-refractivity contribution in [2.45, 2.75) is 39.5 Å². The second-order valence-corrected chi connectivity index (χ2v) is 6.18. The van der Waals surface area contributed by atoms with Crippen LogP contribution < -0.4 is 5.43 Å². The van der Waals surface area contributed by atoms with E-state index in [1.807, 2.05) is 38.1 Å². The molecule has 0 radical (unpaired) electrons. The first-order valence-electron chi connectivity index (χ1n) is 8.17. The van der Waals surface area contributed by atoms with Gasteiger partial charge in [0.2, 0.25) is 0 Å². The fourth-order valence-corrected chi connectivity index (χ4v) is 3.13. The highest BCUT2D eigenvalue weighted by Crippen LogP contribution is 2.20. The molecule has 118 valence electrons. The molecule has 0 bridgehead atoms. The molecule has 3 nitrogen and oxygen atoms in total. The Morgan fingerprint density at radius 1 is 1.04 bits per heavy atom. The van der Waals surface area contributed by atoms with Gasteiger partial charge in [-0.25, -0.2) is 5.43 Å². The van der Waals surface area contributed by atoms with Crippen molar-refractivity contribution in [1.29, 1.82) is 0 Å². The van der Waals surface area contributed by atoms with Crippen LogP contribution in [0.2, 0.25) is 0 Å². The second kappa shape index (κ2) is 6.78. The van der Waals surface area contributed by atoms with Gasteiger partial charge in [0.05, 0.1) is 5.71 Å². The summed E-state index contributed by atoms with van der Waals surface area (Å²) >= 11 is 0. The van der Waals surface area contributed by atoms with Crippen LogP contribution in [0.3, 0.4) is 0 Å². The van der Waals surface area contributed by atoms with Crippen molar-refractivity contribution in [3.05, 3.63) is 70.3 Å². The SMILES string of the molecule is Cc1ccc(C(=O)N/N=C2\CCCCc3ccccc32)c(C)c1. The molecular weight excluding hydrogens is 284 g/mol. The van der Waals surface area contributed by atoms with Crippen LogP contribution in [0.4, 0.5) is 0 Å². The molecule has 0 fully saturated rings. The molecule has 1 aliphatic rings. The number of hydrazone groups is 1. The largest absolute Gasteiger partial charge is 0.271 e. The average Bonchev–Trinajstić information content (AvgIpc) is 2.75. The molecule has 0 atom stereocenters. The molecule has 2 aromatic carbocycles. The Hall–Kier alpha value is -2.42. The minimum atomic E-state index is -0.142. The van der Waals surface area contributed by atoms with Crippen LogP contribution in [-0.2, 0) is 6.42 Å². The molecule has 0 saturated carbocycles. The van der Waals surface area contributed by atoms with Gasteiger partial charge in [-0.15, -0.1) is 0 Å². The van der Waals surface area contributed by atoms with Gasteiger partial charge in [-0.2, -0.15) is 5.10 Å². The summed E-state index contributed by atoms with van der Waals surface area (Å²) in [6.07, 6.45) is 4.26. The van der Waals surface area contributed by atoms with Crippen molar-refractivity contribution in [3.8, 4) is 0 Å². The maximum absolute atomic E-state index is 12.4. The van der Waals surface area contributed by atoms with Crippen molar-refractivity contribution in [2.24, 2.45) is 5.10 Å². The summed E-state index contributed by atoms with van der Waals surface area (Å²) in [5, 5.41) is 4.44. The first-order valence-corrected chi connectivity index (χ1v) is 8.17. The number of hydrogen-bond donors (Lipinski definition) is 1. The van der Waals surface area contributed by atoms with Gasteiger partial charge in [0.15, 0.2) is 0 Å². The highest BCUT2D eigenvalue weighted by Gasteiger charge is 2.14. The van der Waals surface area contributed by atoms with Gasteiger partial charge in [-0.1, -0.05) is 42.0 Å². The normalized spacial score (nSPS) is 15.8. The van der Waals surface area contributed by atoms with E-state index < -0.39 is 0 Å². The molecule has 0 unspecified atom stereocenters. The van der Waals surface area contributed by atoms with Crippen molar-refractivity contribution >= 4 is 11.6 Å². The van der Waals surface area contributed by atoms with Crippen LogP contribution in [0.5, 0.6) is 0 Å². The van der Waals surface area contributed by atoms with Crippen LogP contribution in [-0.4, -0.2) is 11.6 Å². The number of amides is 1. The van der Waals surface area contributed by atoms with Crippen molar-refractivity contribution < 1.29 is 4.79 Å². The number of nitrogens with zero attached hydrogens (tertiary/aromatic N) is 1. The summed E-state index contributed by atoms with van der Waals surface area (Å²) in [5.41, 5.74) is 9.04. The minimum absolute atomic E-state index is 0.142. The number of carbonyl (C=O) groups is 1. The van der Waals surface area contributed by atoms with Gasteiger partial charge in [0.1, 0.15) is 0 Å². The number of hydrogen-bond acceptors (Lipinski definition) is 2. The molecule has 1 N–H and O–H groups in total. The summed E-state index contributed by atoms with van der Waals surface area (Å²) < 4.78 is 0. The van der Waals surface area contributed by atoms with E-state index in [-0.39, 0.29) is 5.91 Å². The summed E-state index contributed by atoms with van der Waals surface area (Å²) in [5.74, 6) is -0.142. The molecular formula is C20H22N2O. The Bertz CT molecular complexity index is 762. The van der Waals surface area contributed by atoms with E-state index in [1.165, 1.54) is 17.5 Å². The third-order valence-corrected chi connectivity index (χ3v) is 4.36. The Morgan fingerprint density at radius 2 is 1.83 bits per heavy atom. The Balaban J connectivity index is 1.83. The molecule has 23 heavy (non-hydrogen) atoms. The number of carbonyl (C=O) groups excluding carboxylic acids is 1. The molecule has 0 aliphatic heterocycles. The molecule has 0 saturated heterocycles. The van der Waals surface area contributed by atoms with Gasteiger partial charge in [0.25, 0.3) is 5.91 Å². The van der Waals surface area contributed by atoms with Gasteiger partial charge >= 0.3 is 0 Å². The van der Waals surface area contributed by atoms with Crippen molar-refractivity contribution in [2.75, 3.05) is 0 Å². The average molecular weight is 306 g/mol. The van der Waals surface area contributed by atoms with Crippen LogP contribution in [0.15, 0.2) is 47.6 Å². The molecule has 1 aliphatic carbocycles. The Kier molecular flexibility index (Phi) is 4.56. The standard InChI is InChI=1S/C20H22N2O/c1-14-11-12-17(15(2)13-14)20(23)22-21-19-10-6-4-8-16-7-3-5-9-18(16)19/h3,5,7,9,11-13H,4,6,8,10H2,1-2H3,(H,22,23)/b21-19+. The molecule has 1 amide bonds. The Labute approximate surface area is 137 Å². The molecule has 0 spiro atoms. The summed E-state index contributed by atoms with van der Waals surface area (Å²) in [4.78, 5) is 12.4. The smallest absolute Gasteiger partial charge is 0.267 e. The Morgan fingerprint density at radius 3 is 2.65 bits per heavy atom. The second-order valence-electron chi connectivity index (χ2n) is 6.18. The van der Waals surface area contributed by atoms with Gasteiger partial charge in [0, 0.05) is 11.1 Å². The maximum Gasteiger partial charge on any atom is 0.271 e. The summed E-state index contributed by atoms with van der Waals surface area (Å²) in [6.45, 7) is 3.98. The zero-order valence-electron chi connectivity index (χ0n) is 13.7. The van der Waals surface area contributed by atoms with Gasteiger partial charge in [-0.3, -0.25) is 4.79 Å². The van der Waals surface area contributed by atoms with E-state index in [1.54, 1.807) is 0 Å².